The van der Waals surface area contributed by atoms with Crippen molar-refractivity contribution in [3.63, 3.8) is 0 Å². The molecule has 9 nitrogen and oxygen atoms in total. The highest BCUT2D eigenvalue weighted by Crippen LogP contribution is 2.29. The number of fused-ring (bicyclic) bond motifs is 1. The molecule has 0 spiro atoms. The highest BCUT2D eigenvalue weighted by Gasteiger charge is 2.28. The van der Waals surface area contributed by atoms with Crippen LogP contribution in [0.15, 0.2) is 11.1 Å². The fourth-order valence-electron chi connectivity index (χ4n) is 4.35. The number of carbonyl (C=O) groups is 2. The molecule has 1 aliphatic carbocycles. The quantitative estimate of drug-likeness (QED) is 0.698. The van der Waals surface area contributed by atoms with Crippen LogP contribution in [0.2, 0.25) is 0 Å². The highest BCUT2D eigenvalue weighted by atomic mass is 32.1. The van der Waals surface area contributed by atoms with Crippen molar-refractivity contribution < 1.29 is 9.59 Å². The summed E-state index contributed by atoms with van der Waals surface area (Å²) in [4.78, 5) is 48.6. The van der Waals surface area contributed by atoms with Gasteiger partial charge in [-0.1, -0.05) is 24.2 Å². The van der Waals surface area contributed by atoms with Crippen LogP contribution in [0.25, 0.3) is 10.3 Å². The maximum absolute atomic E-state index is 12.9. The summed E-state index contributed by atoms with van der Waals surface area (Å²) < 4.78 is 1.80. The van der Waals surface area contributed by atoms with Crippen molar-refractivity contribution in [1.29, 1.82) is 0 Å². The highest BCUT2D eigenvalue weighted by molar-refractivity contribution is 7.22. The minimum Gasteiger partial charge on any atom is -0.354 e. The topological polar surface area (TPSA) is 109 Å². The van der Waals surface area contributed by atoms with Crippen LogP contribution in [-0.2, 0) is 16.1 Å². The molecule has 31 heavy (non-hydrogen) atoms. The Bertz CT molecular complexity index is 1010. The minimum absolute atomic E-state index is 0.0351. The minimum atomic E-state index is -0.249. The smallest absolute Gasteiger partial charge is 0.273 e. The third kappa shape index (κ3) is 5.06. The molecule has 2 amide bonds. The number of aromatic nitrogens is 3. The van der Waals surface area contributed by atoms with Crippen LogP contribution in [0, 0.1) is 5.92 Å². The van der Waals surface area contributed by atoms with Gasteiger partial charge in [-0.25, -0.2) is 4.98 Å². The predicted molar refractivity (Wildman–Crippen MR) is 120 cm³/mol. The number of carbonyl (C=O) groups excluding carboxylic acids is 2. The Morgan fingerprint density at radius 2 is 2.00 bits per heavy atom. The molecular weight excluding hydrogens is 416 g/mol. The lowest BCUT2D eigenvalue weighted by Gasteiger charge is -2.32. The molecule has 3 heterocycles. The molecule has 1 saturated heterocycles. The van der Waals surface area contributed by atoms with Gasteiger partial charge in [-0.15, -0.1) is 0 Å². The normalized spacial score (nSPS) is 19.8. The van der Waals surface area contributed by atoms with Crippen molar-refractivity contribution in [2.45, 2.75) is 71.0 Å². The first kappa shape index (κ1) is 21.7. The van der Waals surface area contributed by atoms with E-state index < -0.39 is 0 Å². The van der Waals surface area contributed by atoms with Gasteiger partial charge in [0.15, 0.2) is 10.8 Å². The summed E-state index contributed by atoms with van der Waals surface area (Å²) in [6.07, 6.45) is 7.42. The fourth-order valence-corrected chi connectivity index (χ4v) is 5.35. The molecular formula is C21H30N6O3S. The van der Waals surface area contributed by atoms with E-state index in [0.717, 1.165) is 45.1 Å². The Morgan fingerprint density at radius 3 is 2.74 bits per heavy atom. The van der Waals surface area contributed by atoms with Crippen LogP contribution in [0.1, 0.15) is 52.4 Å². The van der Waals surface area contributed by atoms with Gasteiger partial charge < -0.3 is 15.5 Å². The first-order chi connectivity index (χ1) is 14.9. The summed E-state index contributed by atoms with van der Waals surface area (Å²) >= 11 is 1.29. The Morgan fingerprint density at radius 1 is 1.23 bits per heavy atom. The zero-order chi connectivity index (χ0) is 22.0. The van der Waals surface area contributed by atoms with E-state index in [1.165, 1.54) is 22.2 Å². The Hall–Kier alpha value is -2.49. The van der Waals surface area contributed by atoms with Crippen molar-refractivity contribution in [1.82, 2.24) is 25.2 Å². The summed E-state index contributed by atoms with van der Waals surface area (Å²) in [5.41, 5.74) is 0.146. The van der Waals surface area contributed by atoms with Crippen LogP contribution in [0.5, 0.6) is 0 Å². The lowest BCUT2D eigenvalue weighted by molar-refractivity contribution is -0.125. The van der Waals surface area contributed by atoms with E-state index >= 15 is 0 Å². The van der Waals surface area contributed by atoms with Gasteiger partial charge in [0, 0.05) is 25.2 Å². The van der Waals surface area contributed by atoms with Crippen molar-refractivity contribution in [3.8, 4) is 0 Å². The average molecular weight is 447 g/mol. The van der Waals surface area contributed by atoms with Crippen molar-refractivity contribution in [2.75, 3.05) is 18.0 Å². The third-order valence-electron chi connectivity index (χ3n) is 5.90. The molecule has 1 aliphatic heterocycles. The van der Waals surface area contributed by atoms with Gasteiger partial charge in [0.25, 0.3) is 5.56 Å². The number of nitrogens with one attached hydrogen (secondary N) is 2. The van der Waals surface area contributed by atoms with Crippen LogP contribution in [0.4, 0.5) is 5.13 Å². The lowest BCUT2D eigenvalue weighted by Crippen LogP contribution is -2.44. The predicted octanol–water partition coefficient (Wildman–Crippen LogP) is 1.65. The lowest BCUT2D eigenvalue weighted by atomic mass is 9.97. The summed E-state index contributed by atoms with van der Waals surface area (Å²) in [7, 11) is 0. The molecule has 2 aromatic rings. The van der Waals surface area contributed by atoms with Gasteiger partial charge in [-0.05, 0) is 39.5 Å². The summed E-state index contributed by atoms with van der Waals surface area (Å²) in [5.74, 6) is -0.184. The molecule has 2 N–H and O–H groups in total. The maximum atomic E-state index is 12.9. The molecule has 1 atom stereocenters. The number of piperidine rings is 1. The van der Waals surface area contributed by atoms with Crippen molar-refractivity contribution in [3.05, 3.63) is 16.7 Å². The van der Waals surface area contributed by atoms with E-state index in [4.69, 9.17) is 0 Å². The fraction of sp³-hybridized carbons (Fsp3) is 0.667. The van der Waals surface area contributed by atoms with Crippen molar-refractivity contribution >= 4 is 38.6 Å². The molecule has 168 valence electrons. The van der Waals surface area contributed by atoms with Crippen LogP contribution in [0.3, 0.4) is 0 Å². The summed E-state index contributed by atoms with van der Waals surface area (Å²) in [6.45, 7) is 5.25. The Balaban J connectivity index is 1.47. The van der Waals surface area contributed by atoms with Gasteiger partial charge in [-0.2, -0.15) is 4.98 Å². The van der Waals surface area contributed by atoms with E-state index in [2.05, 4.69) is 25.5 Å². The average Bonchev–Trinajstić information content (AvgIpc) is 3.40. The Labute approximate surface area is 185 Å². The second kappa shape index (κ2) is 9.33. The van der Waals surface area contributed by atoms with Crippen molar-refractivity contribution in [2.24, 2.45) is 5.92 Å². The van der Waals surface area contributed by atoms with Crippen LogP contribution in [-0.4, -0.2) is 51.5 Å². The number of amides is 2. The molecule has 1 saturated carbocycles. The van der Waals surface area contributed by atoms with E-state index in [9.17, 15) is 14.4 Å². The second-order valence-corrected chi connectivity index (χ2v) is 9.80. The molecule has 2 aliphatic rings. The zero-order valence-corrected chi connectivity index (χ0v) is 18.9. The van der Waals surface area contributed by atoms with Gasteiger partial charge in [-0.3, -0.25) is 19.0 Å². The monoisotopic (exact) mass is 446 g/mol. The van der Waals surface area contributed by atoms with Gasteiger partial charge in [0.1, 0.15) is 17.6 Å². The number of thiazole rings is 1. The number of rotatable bonds is 6. The first-order valence-corrected chi connectivity index (χ1v) is 11.9. The zero-order valence-electron chi connectivity index (χ0n) is 18.1. The van der Waals surface area contributed by atoms with Gasteiger partial charge in [0.2, 0.25) is 11.8 Å². The number of hydrogen-bond donors (Lipinski definition) is 2. The number of hydrogen-bond acceptors (Lipinski definition) is 7. The molecule has 0 aromatic carbocycles. The Kier molecular flexibility index (Phi) is 6.54. The van der Waals surface area contributed by atoms with Gasteiger partial charge in [0.05, 0.1) is 5.92 Å². The summed E-state index contributed by atoms with van der Waals surface area (Å²) in [5, 5.41) is 6.69. The first-order valence-electron chi connectivity index (χ1n) is 11.1. The second-order valence-electron chi connectivity index (χ2n) is 8.82. The third-order valence-corrected chi connectivity index (χ3v) is 6.99. The molecule has 0 bridgehead atoms. The van der Waals surface area contributed by atoms with E-state index in [-0.39, 0.29) is 41.9 Å². The molecule has 2 fully saturated rings. The van der Waals surface area contributed by atoms with E-state index in [1.54, 1.807) is 0 Å². The molecule has 2 aromatic heterocycles. The van der Waals surface area contributed by atoms with Crippen LogP contribution >= 0.6 is 11.3 Å². The standard InChI is InChI=1S/C21H30N6O3S/c1-13(2)23-19(29)14-6-5-9-26(10-14)21-25-18-17(31-21)20(30)27(12-22-18)11-16(28)24-15-7-3-4-8-15/h12-15H,3-11H2,1-2H3,(H,23,29)(H,24,28). The van der Waals surface area contributed by atoms with Crippen LogP contribution < -0.4 is 21.1 Å². The maximum Gasteiger partial charge on any atom is 0.273 e. The van der Waals surface area contributed by atoms with Gasteiger partial charge >= 0.3 is 0 Å². The number of nitrogens with zero attached hydrogens (tertiary/aromatic N) is 4. The number of anilines is 1. The molecule has 10 heteroatoms. The SMILES string of the molecule is CC(C)NC(=O)C1CCCN(c2nc3ncn(CC(=O)NC4CCCC4)c(=O)c3s2)C1. The molecule has 0 radical (unpaired) electrons. The largest absolute Gasteiger partial charge is 0.354 e. The summed E-state index contributed by atoms with van der Waals surface area (Å²) in [6, 6.07) is 0.328. The molecule has 1 unspecified atom stereocenters. The van der Waals surface area contributed by atoms with E-state index in [0.29, 0.717) is 22.0 Å². The van der Waals surface area contributed by atoms with E-state index in [1.807, 2.05) is 13.8 Å². The molecule has 4 rings (SSSR count).